The number of piperidine rings is 1. The second-order valence-corrected chi connectivity index (χ2v) is 5.48. The van der Waals surface area contributed by atoms with Gasteiger partial charge in [0.25, 0.3) is 5.69 Å². The zero-order valence-electron chi connectivity index (χ0n) is 12.4. The molecule has 1 N–H and O–H groups in total. The molecule has 0 aliphatic carbocycles. The van der Waals surface area contributed by atoms with Gasteiger partial charge in [0.15, 0.2) is 0 Å². The van der Waals surface area contributed by atoms with Crippen molar-refractivity contribution in [3.05, 3.63) is 39.9 Å². The molecule has 0 aromatic heterocycles. The zero-order chi connectivity index (χ0) is 15.4. The monoisotopic (exact) mass is 291 g/mol. The smallest absolute Gasteiger partial charge is 0.274 e. The number of benzene rings is 1. The van der Waals surface area contributed by atoms with Gasteiger partial charge in [-0.3, -0.25) is 14.9 Å². The van der Waals surface area contributed by atoms with Gasteiger partial charge in [-0.05, 0) is 19.8 Å². The van der Waals surface area contributed by atoms with Crippen molar-refractivity contribution in [1.29, 1.82) is 0 Å². The Morgan fingerprint density at radius 1 is 1.38 bits per heavy atom. The van der Waals surface area contributed by atoms with E-state index in [2.05, 4.69) is 5.32 Å². The van der Waals surface area contributed by atoms with Crippen LogP contribution in [-0.4, -0.2) is 34.9 Å². The van der Waals surface area contributed by atoms with E-state index in [0.29, 0.717) is 5.56 Å². The van der Waals surface area contributed by atoms with Crippen molar-refractivity contribution >= 4 is 11.6 Å². The summed E-state index contributed by atoms with van der Waals surface area (Å²) in [5.74, 6) is 0.111. The third-order valence-corrected chi connectivity index (χ3v) is 4.03. The Bertz CT molecular complexity index is 525. The molecule has 2 rings (SSSR count). The molecule has 0 spiro atoms. The van der Waals surface area contributed by atoms with Gasteiger partial charge in [0, 0.05) is 43.7 Å². The highest BCUT2D eigenvalue weighted by Gasteiger charge is 2.24. The van der Waals surface area contributed by atoms with E-state index in [9.17, 15) is 14.9 Å². The minimum atomic E-state index is -0.341. The maximum Gasteiger partial charge on any atom is 0.274 e. The van der Waals surface area contributed by atoms with E-state index < -0.39 is 0 Å². The van der Waals surface area contributed by atoms with E-state index in [-0.39, 0.29) is 28.6 Å². The number of rotatable bonds is 4. The van der Waals surface area contributed by atoms with Crippen molar-refractivity contribution in [3.63, 3.8) is 0 Å². The highest BCUT2D eigenvalue weighted by Crippen LogP contribution is 2.25. The van der Waals surface area contributed by atoms with Gasteiger partial charge in [-0.2, -0.15) is 0 Å². The molecule has 1 aliphatic heterocycles. The molecule has 1 heterocycles. The summed E-state index contributed by atoms with van der Waals surface area (Å²) in [6, 6.07) is 7.03. The quantitative estimate of drug-likeness (QED) is 0.682. The van der Waals surface area contributed by atoms with Crippen molar-refractivity contribution < 1.29 is 9.72 Å². The lowest BCUT2D eigenvalue weighted by Crippen LogP contribution is -2.44. The number of likely N-dealkylation sites (tertiary alicyclic amines) is 1. The third kappa shape index (κ3) is 3.78. The maximum absolute atomic E-state index is 11.3. The lowest BCUT2D eigenvalue weighted by atomic mass is 10.0. The number of amides is 1. The molecule has 1 saturated heterocycles. The molecule has 6 nitrogen and oxygen atoms in total. The molecule has 1 amide bonds. The topological polar surface area (TPSA) is 75.5 Å². The van der Waals surface area contributed by atoms with E-state index in [1.807, 2.05) is 17.9 Å². The molecule has 1 aliphatic rings. The average molecular weight is 291 g/mol. The molecule has 0 radical (unpaired) electrons. The Morgan fingerprint density at radius 2 is 2.00 bits per heavy atom. The summed E-state index contributed by atoms with van der Waals surface area (Å²) < 4.78 is 0. The van der Waals surface area contributed by atoms with Crippen molar-refractivity contribution in [3.8, 4) is 0 Å². The average Bonchev–Trinajstić information content (AvgIpc) is 2.47. The number of hydrogen-bond acceptors (Lipinski definition) is 4. The van der Waals surface area contributed by atoms with E-state index in [4.69, 9.17) is 0 Å². The Labute approximate surface area is 124 Å². The summed E-state index contributed by atoms with van der Waals surface area (Å²) in [6.07, 6.45) is 1.76. The van der Waals surface area contributed by atoms with Crippen LogP contribution >= 0.6 is 0 Å². The summed E-state index contributed by atoms with van der Waals surface area (Å²) >= 11 is 0. The second kappa shape index (κ2) is 6.67. The first-order valence-corrected chi connectivity index (χ1v) is 7.24. The standard InChI is InChI=1S/C15H21N3O3/c1-11(14-5-3-4-6-15(14)18(20)21)16-13-7-9-17(10-8-13)12(2)19/h3-6,11,13,16H,7-10H2,1-2H3. The van der Waals surface area contributed by atoms with E-state index in [0.717, 1.165) is 25.9 Å². The van der Waals surface area contributed by atoms with Crippen LogP contribution in [0.25, 0.3) is 0 Å². The number of nitro benzene ring substituents is 1. The molecule has 1 atom stereocenters. The maximum atomic E-state index is 11.3. The minimum absolute atomic E-state index is 0.0829. The Hall–Kier alpha value is -1.95. The van der Waals surface area contributed by atoms with Crippen LogP contribution in [0.2, 0.25) is 0 Å². The lowest BCUT2D eigenvalue weighted by molar-refractivity contribution is -0.385. The van der Waals surface area contributed by atoms with Crippen LogP contribution in [0.3, 0.4) is 0 Å². The van der Waals surface area contributed by atoms with Crippen LogP contribution in [0.15, 0.2) is 24.3 Å². The van der Waals surface area contributed by atoms with Gasteiger partial charge in [-0.15, -0.1) is 0 Å². The fraction of sp³-hybridized carbons (Fsp3) is 0.533. The normalized spacial score (nSPS) is 17.5. The van der Waals surface area contributed by atoms with Crippen molar-refractivity contribution in [1.82, 2.24) is 10.2 Å². The molecule has 1 aromatic carbocycles. The van der Waals surface area contributed by atoms with Gasteiger partial charge in [0.1, 0.15) is 0 Å². The molecule has 0 bridgehead atoms. The van der Waals surface area contributed by atoms with Gasteiger partial charge >= 0.3 is 0 Å². The van der Waals surface area contributed by atoms with Crippen LogP contribution in [0.1, 0.15) is 38.3 Å². The van der Waals surface area contributed by atoms with Gasteiger partial charge in [0.2, 0.25) is 5.91 Å². The van der Waals surface area contributed by atoms with Gasteiger partial charge in [-0.1, -0.05) is 18.2 Å². The minimum Gasteiger partial charge on any atom is -0.343 e. The first-order chi connectivity index (χ1) is 9.99. The fourth-order valence-corrected chi connectivity index (χ4v) is 2.82. The summed E-state index contributed by atoms with van der Waals surface area (Å²) in [5, 5.41) is 14.5. The number of nitrogens with zero attached hydrogens (tertiary/aromatic N) is 2. The Morgan fingerprint density at radius 3 is 2.57 bits per heavy atom. The fourth-order valence-electron chi connectivity index (χ4n) is 2.82. The zero-order valence-corrected chi connectivity index (χ0v) is 12.4. The number of para-hydroxylation sites is 1. The van der Waals surface area contributed by atoms with Gasteiger partial charge < -0.3 is 10.2 Å². The first kappa shape index (κ1) is 15.4. The molecule has 0 saturated carbocycles. The predicted octanol–water partition coefficient (Wildman–Crippen LogP) is 2.26. The Kier molecular flexibility index (Phi) is 4.90. The van der Waals surface area contributed by atoms with Crippen molar-refractivity contribution in [2.75, 3.05) is 13.1 Å². The number of carbonyl (C=O) groups is 1. The molecule has 1 aromatic rings. The molecular formula is C15H21N3O3. The van der Waals surface area contributed by atoms with Crippen LogP contribution in [0.4, 0.5) is 5.69 Å². The SMILES string of the molecule is CC(=O)N1CCC(NC(C)c2ccccc2[N+](=O)[O-])CC1. The molecular weight excluding hydrogens is 270 g/mol. The molecule has 6 heteroatoms. The van der Waals surface area contributed by atoms with Gasteiger partial charge in [0.05, 0.1) is 4.92 Å². The molecule has 1 fully saturated rings. The lowest BCUT2D eigenvalue weighted by Gasteiger charge is -2.33. The van der Waals surface area contributed by atoms with Crippen molar-refractivity contribution in [2.45, 2.75) is 38.8 Å². The van der Waals surface area contributed by atoms with Crippen LogP contribution in [0.5, 0.6) is 0 Å². The molecule has 1 unspecified atom stereocenters. The van der Waals surface area contributed by atoms with Crippen LogP contribution in [-0.2, 0) is 4.79 Å². The third-order valence-electron chi connectivity index (χ3n) is 4.03. The van der Waals surface area contributed by atoms with Crippen molar-refractivity contribution in [2.24, 2.45) is 0 Å². The first-order valence-electron chi connectivity index (χ1n) is 7.24. The largest absolute Gasteiger partial charge is 0.343 e. The number of nitro groups is 1. The predicted molar refractivity (Wildman–Crippen MR) is 79.9 cm³/mol. The summed E-state index contributed by atoms with van der Waals surface area (Å²) in [6.45, 7) is 5.02. The summed E-state index contributed by atoms with van der Waals surface area (Å²) in [7, 11) is 0. The number of carbonyl (C=O) groups excluding carboxylic acids is 1. The van der Waals surface area contributed by atoms with Crippen LogP contribution < -0.4 is 5.32 Å². The number of hydrogen-bond donors (Lipinski definition) is 1. The van der Waals surface area contributed by atoms with E-state index in [1.165, 1.54) is 6.07 Å². The Balaban J connectivity index is 1.98. The van der Waals surface area contributed by atoms with Gasteiger partial charge in [-0.25, -0.2) is 0 Å². The van der Waals surface area contributed by atoms with E-state index in [1.54, 1.807) is 19.1 Å². The number of nitrogens with one attached hydrogen (secondary N) is 1. The molecule has 21 heavy (non-hydrogen) atoms. The highest BCUT2D eigenvalue weighted by molar-refractivity contribution is 5.73. The van der Waals surface area contributed by atoms with E-state index >= 15 is 0 Å². The van der Waals surface area contributed by atoms with Crippen LogP contribution in [0, 0.1) is 10.1 Å². The molecule has 114 valence electrons. The summed E-state index contributed by atoms with van der Waals surface area (Å²) in [5.41, 5.74) is 0.857. The second-order valence-electron chi connectivity index (χ2n) is 5.48. The highest BCUT2D eigenvalue weighted by atomic mass is 16.6. The summed E-state index contributed by atoms with van der Waals surface area (Å²) in [4.78, 5) is 23.9.